The summed E-state index contributed by atoms with van der Waals surface area (Å²) in [7, 11) is 1.87. The van der Waals surface area contributed by atoms with Crippen molar-refractivity contribution in [2.75, 3.05) is 11.1 Å². The van der Waals surface area contributed by atoms with Gasteiger partial charge >= 0.3 is 0 Å². The van der Waals surface area contributed by atoms with Crippen molar-refractivity contribution in [2.24, 2.45) is 7.05 Å². The van der Waals surface area contributed by atoms with Gasteiger partial charge in [-0.15, -0.1) is 20.4 Å². The molecule has 8 nitrogen and oxygen atoms in total. The molecule has 4 rings (SSSR count). The second-order valence-corrected chi connectivity index (χ2v) is 9.45. The molecule has 10 heteroatoms. The minimum absolute atomic E-state index is 0.134. The van der Waals surface area contributed by atoms with E-state index in [-0.39, 0.29) is 11.7 Å². The molecular weight excluding hydrogens is 420 g/mol. The van der Waals surface area contributed by atoms with Crippen molar-refractivity contribution in [3.63, 3.8) is 0 Å². The maximum Gasteiger partial charge on any atom is 0.236 e. The highest BCUT2D eigenvalue weighted by Gasteiger charge is 2.27. The van der Waals surface area contributed by atoms with Gasteiger partial charge in [0.1, 0.15) is 17.4 Å². The van der Waals surface area contributed by atoms with E-state index in [4.69, 9.17) is 4.74 Å². The van der Waals surface area contributed by atoms with Gasteiger partial charge in [0.05, 0.1) is 5.75 Å². The molecule has 0 aliphatic heterocycles. The Kier molecular flexibility index (Phi) is 6.33. The van der Waals surface area contributed by atoms with E-state index in [2.05, 4.69) is 45.6 Å². The van der Waals surface area contributed by atoms with Gasteiger partial charge in [-0.2, -0.15) is 0 Å². The molecular formula is C20H24N6O2S2. The van der Waals surface area contributed by atoms with E-state index in [1.165, 1.54) is 35.9 Å². The van der Waals surface area contributed by atoms with Gasteiger partial charge in [0.2, 0.25) is 11.0 Å². The smallest absolute Gasteiger partial charge is 0.236 e. The molecule has 3 aromatic rings. The summed E-state index contributed by atoms with van der Waals surface area (Å²) in [5.41, 5.74) is 1.16. The third kappa shape index (κ3) is 4.99. The summed E-state index contributed by atoms with van der Waals surface area (Å²) < 4.78 is 7.84. The first-order chi connectivity index (χ1) is 14.5. The Morgan fingerprint density at radius 2 is 2.07 bits per heavy atom. The van der Waals surface area contributed by atoms with Crippen LogP contribution in [-0.4, -0.2) is 36.6 Å². The Hall–Kier alpha value is -2.46. The first kappa shape index (κ1) is 20.8. The number of rotatable bonds is 9. The van der Waals surface area contributed by atoms with E-state index in [0.29, 0.717) is 34.6 Å². The fourth-order valence-corrected chi connectivity index (χ4v) is 4.55. The third-order valence-electron chi connectivity index (χ3n) is 4.77. The minimum atomic E-state index is -0.134. The third-order valence-corrected chi connectivity index (χ3v) is 6.79. The van der Waals surface area contributed by atoms with Crippen molar-refractivity contribution in [3.05, 3.63) is 40.7 Å². The van der Waals surface area contributed by atoms with Crippen molar-refractivity contribution in [2.45, 2.75) is 50.3 Å². The number of hydrogen-bond donors (Lipinski definition) is 1. The Bertz CT molecular complexity index is 1030. The quantitative estimate of drug-likeness (QED) is 0.499. The first-order valence-corrected chi connectivity index (χ1v) is 11.7. The van der Waals surface area contributed by atoms with Crippen LogP contribution in [0.15, 0.2) is 29.4 Å². The molecule has 0 spiro atoms. The summed E-state index contributed by atoms with van der Waals surface area (Å²) in [5, 5.41) is 21.6. The zero-order chi connectivity index (χ0) is 21.1. The number of hydrogen-bond acceptors (Lipinski definition) is 8. The number of anilines is 1. The van der Waals surface area contributed by atoms with Crippen LogP contribution in [0.5, 0.6) is 5.75 Å². The molecule has 1 amide bonds. The van der Waals surface area contributed by atoms with E-state index in [0.717, 1.165) is 16.3 Å². The standard InChI is InChI=1S/C20H24N6O2S2/c1-12(2)14-6-4-5-7-15(14)28-10-16-22-25-20(26(16)3)29-11-17(27)21-19-24-23-18(30-19)13-8-9-13/h4-7,12-13H,8-11H2,1-3H3,(H,21,24,27). The summed E-state index contributed by atoms with van der Waals surface area (Å²) in [6.07, 6.45) is 2.33. The van der Waals surface area contributed by atoms with Gasteiger partial charge in [-0.05, 0) is 30.4 Å². The average Bonchev–Trinajstić information content (AvgIpc) is 3.38. The normalized spacial score (nSPS) is 13.6. The fourth-order valence-electron chi connectivity index (χ4n) is 2.89. The van der Waals surface area contributed by atoms with Crippen molar-refractivity contribution < 1.29 is 9.53 Å². The van der Waals surface area contributed by atoms with Crippen LogP contribution >= 0.6 is 23.1 Å². The Balaban J connectivity index is 1.30. The Morgan fingerprint density at radius 3 is 2.83 bits per heavy atom. The number of aromatic nitrogens is 5. The van der Waals surface area contributed by atoms with Crippen molar-refractivity contribution in [1.29, 1.82) is 0 Å². The van der Waals surface area contributed by atoms with Crippen LogP contribution in [0.3, 0.4) is 0 Å². The van der Waals surface area contributed by atoms with Crippen LogP contribution in [0.4, 0.5) is 5.13 Å². The summed E-state index contributed by atoms with van der Waals surface area (Å²) in [6.45, 7) is 4.59. The molecule has 0 atom stereocenters. The van der Waals surface area contributed by atoms with Crippen molar-refractivity contribution in [3.8, 4) is 5.75 Å². The van der Waals surface area contributed by atoms with Gasteiger partial charge in [0.15, 0.2) is 11.0 Å². The number of carbonyl (C=O) groups is 1. The number of ether oxygens (including phenoxy) is 1. The molecule has 1 aromatic carbocycles. The molecule has 0 bridgehead atoms. The largest absolute Gasteiger partial charge is 0.485 e. The number of carbonyl (C=O) groups excluding carboxylic acids is 1. The van der Waals surface area contributed by atoms with E-state index in [1.807, 2.05) is 29.8 Å². The number of para-hydroxylation sites is 1. The maximum atomic E-state index is 12.2. The lowest BCUT2D eigenvalue weighted by Crippen LogP contribution is -2.14. The first-order valence-electron chi connectivity index (χ1n) is 9.87. The van der Waals surface area contributed by atoms with Crippen molar-refractivity contribution >= 4 is 34.1 Å². The highest BCUT2D eigenvalue weighted by Crippen LogP contribution is 2.42. The van der Waals surface area contributed by atoms with E-state index < -0.39 is 0 Å². The van der Waals surface area contributed by atoms with Crippen molar-refractivity contribution in [1.82, 2.24) is 25.0 Å². The molecule has 0 radical (unpaired) electrons. The lowest BCUT2D eigenvalue weighted by atomic mass is 10.0. The van der Waals surface area contributed by atoms with Gasteiger partial charge < -0.3 is 9.30 Å². The second-order valence-electron chi connectivity index (χ2n) is 7.50. The monoisotopic (exact) mass is 444 g/mol. The number of thioether (sulfide) groups is 1. The van der Waals surface area contributed by atoms with E-state index in [1.54, 1.807) is 0 Å². The minimum Gasteiger partial charge on any atom is -0.485 e. The Labute approximate surface area is 183 Å². The summed E-state index contributed by atoms with van der Waals surface area (Å²) in [4.78, 5) is 12.2. The lowest BCUT2D eigenvalue weighted by molar-refractivity contribution is -0.113. The predicted octanol–water partition coefficient (Wildman–Crippen LogP) is 3.98. The SMILES string of the molecule is CC(C)c1ccccc1OCc1nnc(SCC(=O)Nc2nnc(C3CC3)s2)n1C. The fraction of sp³-hybridized carbons (Fsp3) is 0.450. The zero-order valence-corrected chi connectivity index (χ0v) is 18.8. The molecule has 1 N–H and O–H groups in total. The van der Waals surface area contributed by atoms with Gasteiger partial charge in [0.25, 0.3) is 0 Å². The van der Waals surface area contributed by atoms with Crippen LogP contribution in [0.1, 0.15) is 54.9 Å². The molecule has 2 aromatic heterocycles. The molecule has 1 saturated carbocycles. The Morgan fingerprint density at radius 1 is 1.27 bits per heavy atom. The van der Waals surface area contributed by atoms with E-state index >= 15 is 0 Å². The van der Waals surface area contributed by atoms with Crippen LogP contribution in [0.2, 0.25) is 0 Å². The summed E-state index contributed by atoms with van der Waals surface area (Å²) in [5.74, 6) is 2.56. The summed E-state index contributed by atoms with van der Waals surface area (Å²) in [6, 6.07) is 8.01. The molecule has 30 heavy (non-hydrogen) atoms. The molecule has 2 heterocycles. The van der Waals surface area contributed by atoms with Crippen LogP contribution in [-0.2, 0) is 18.4 Å². The van der Waals surface area contributed by atoms with Gasteiger partial charge in [0, 0.05) is 13.0 Å². The maximum absolute atomic E-state index is 12.2. The average molecular weight is 445 g/mol. The number of nitrogens with one attached hydrogen (secondary N) is 1. The molecule has 1 aliphatic carbocycles. The topological polar surface area (TPSA) is 94.8 Å². The predicted molar refractivity (Wildman–Crippen MR) is 117 cm³/mol. The van der Waals surface area contributed by atoms with Crippen LogP contribution in [0, 0.1) is 0 Å². The molecule has 1 fully saturated rings. The number of nitrogens with zero attached hydrogens (tertiary/aromatic N) is 5. The van der Waals surface area contributed by atoms with Gasteiger partial charge in [-0.3, -0.25) is 10.1 Å². The van der Waals surface area contributed by atoms with Gasteiger partial charge in [-0.25, -0.2) is 0 Å². The second kappa shape index (κ2) is 9.13. The van der Waals surface area contributed by atoms with Crippen LogP contribution < -0.4 is 10.1 Å². The molecule has 158 valence electrons. The van der Waals surface area contributed by atoms with E-state index in [9.17, 15) is 4.79 Å². The zero-order valence-electron chi connectivity index (χ0n) is 17.2. The molecule has 0 saturated heterocycles. The summed E-state index contributed by atoms with van der Waals surface area (Å²) >= 11 is 2.78. The molecule has 0 unspecified atom stereocenters. The molecule has 1 aliphatic rings. The highest BCUT2D eigenvalue weighted by atomic mass is 32.2. The highest BCUT2D eigenvalue weighted by molar-refractivity contribution is 7.99. The van der Waals surface area contributed by atoms with Crippen LogP contribution in [0.25, 0.3) is 0 Å². The van der Waals surface area contributed by atoms with Gasteiger partial charge in [-0.1, -0.05) is 55.1 Å². The lowest BCUT2D eigenvalue weighted by Gasteiger charge is -2.13. The number of amides is 1. The number of benzene rings is 1.